The van der Waals surface area contributed by atoms with Gasteiger partial charge < -0.3 is 5.32 Å². The minimum Gasteiger partial charge on any atom is -0.302 e. The number of aromatic nitrogens is 3. The quantitative estimate of drug-likeness (QED) is 0.554. The molecule has 2 rings (SSSR count). The van der Waals surface area contributed by atoms with Gasteiger partial charge in [-0.1, -0.05) is 11.8 Å². The van der Waals surface area contributed by atoms with Gasteiger partial charge in [-0.15, -0.1) is 0 Å². The molecule has 102 valence electrons. The van der Waals surface area contributed by atoms with E-state index >= 15 is 0 Å². The number of nitrogens with zero attached hydrogens (tertiary/aromatic N) is 3. The summed E-state index contributed by atoms with van der Waals surface area (Å²) in [7, 11) is 3.38. The van der Waals surface area contributed by atoms with Crippen LogP contribution in [0.1, 0.15) is 12.8 Å². The van der Waals surface area contributed by atoms with Crippen molar-refractivity contribution in [3.05, 3.63) is 20.7 Å². The van der Waals surface area contributed by atoms with Crippen LogP contribution in [0.2, 0.25) is 0 Å². The van der Waals surface area contributed by atoms with E-state index in [4.69, 9.17) is 0 Å². The zero-order chi connectivity index (χ0) is 14.0. The van der Waals surface area contributed by atoms with Gasteiger partial charge in [0.05, 0.1) is 6.07 Å². The number of hydrogen-bond acceptors (Lipinski definition) is 6. The molecular weight excluding hydrogens is 266 g/mol. The molecule has 0 bridgehead atoms. The van der Waals surface area contributed by atoms with Crippen molar-refractivity contribution >= 4 is 11.8 Å². The molecular formula is C11H15N5O2S. The molecule has 19 heavy (non-hydrogen) atoms. The Morgan fingerprint density at radius 2 is 2.32 bits per heavy atom. The summed E-state index contributed by atoms with van der Waals surface area (Å²) in [4.78, 5) is 26.1. The monoisotopic (exact) mass is 281 g/mol. The van der Waals surface area contributed by atoms with Crippen LogP contribution in [0.15, 0.2) is 14.7 Å². The molecule has 1 saturated carbocycles. The highest BCUT2D eigenvalue weighted by molar-refractivity contribution is 7.99. The lowest BCUT2D eigenvalue weighted by molar-refractivity contribution is 0.440. The fourth-order valence-corrected chi connectivity index (χ4v) is 3.11. The predicted molar refractivity (Wildman–Crippen MR) is 71.0 cm³/mol. The lowest BCUT2D eigenvalue weighted by atomic mass is 9.98. The second-order valence-electron chi connectivity index (χ2n) is 4.60. The van der Waals surface area contributed by atoms with Crippen LogP contribution in [0.4, 0.5) is 0 Å². The number of rotatable bonds is 5. The molecule has 0 saturated heterocycles. The summed E-state index contributed by atoms with van der Waals surface area (Å²) in [5, 5.41) is 15.2. The second-order valence-corrected chi connectivity index (χ2v) is 5.54. The third-order valence-electron chi connectivity index (χ3n) is 3.30. The van der Waals surface area contributed by atoms with Gasteiger partial charge in [0.2, 0.25) is 0 Å². The molecule has 1 aromatic rings. The summed E-state index contributed by atoms with van der Waals surface area (Å²) < 4.78 is 1.40. The Labute approximate surface area is 114 Å². The lowest BCUT2D eigenvalue weighted by Crippen LogP contribution is -2.46. The molecule has 0 spiro atoms. The second kappa shape index (κ2) is 5.19. The average Bonchev–Trinajstić information content (AvgIpc) is 3.22. The van der Waals surface area contributed by atoms with Crippen molar-refractivity contribution in [3.63, 3.8) is 0 Å². The van der Waals surface area contributed by atoms with E-state index < -0.39 is 16.7 Å². The van der Waals surface area contributed by atoms with Crippen molar-refractivity contribution in [2.75, 3.05) is 12.8 Å². The van der Waals surface area contributed by atoms with Crippen LogP contribution < -0.4 is 16.4 Å². The summed E-state index contributed by atoms with van der Waals surface area (Å²) in [5.74, 6) is 0.826. The van der Waals surface area contributed by atoms with Crippen LogP contribution in [-0.2, 0) is 7.05 Å². The Balaban J connectivity index is 2.18. The predicted octanol–water partition coefficient (Wildman–Crippen LogP) is -0.548. The highest BCUT2D eigenvalue weighted by atomic mass is 32.2. The molecule has 0 radical (unpaired) electrons. The third-order valence-corrected chi connectivity index (χ3v) is 4.52. The van der Waals surface area contributed by atoms with Crippen molar-refractivity contribution in [1.29, 1.82) is 5.26 Å². The Morgan fingerprint density at radius 3 is 2.84 bits per heavy atom. The van der Waals surface area contributed by atoms with E-state index in [-0.39, 0.29) is 0 Å². The van der Waals surface area contributed by atoms with E-state index in [0.29, 0.717) is 16.8 Å². The van der Waals surface area contributed by atoms with E-state index in [0.717, 1.165) is 12.8 Å². The zero-order valence-electron chi connectivity index (χ0n) is 10.8. The smallest absolute Gasteiger partial charge is 0.302 e. The fourth-order valence-electron chi connectivity index (χ4n) is 1.92. The van der Waals surface area contributed by atoms with E-state index in [1.165, 1.54) is 16.4 Å². The van der Waals surface area contributed by atoms with Crippen LogP contribution in [0, 0.1) is 17.2 Å². The van der Waals surface area contributed by atoms with Crippen molar-refractivity contribution < 1.29 is 0 Å². The van der Waals surface area contributed by atoms with E-state index in [2.05, 4.69) is 21.5 Å². The molecule has 8 heteroatoms. The first-order chi connectivity index (χ1) is 9.02. The molecule has 1 heterocycles. The van der Waals surface area contributed by atoms with Crippen molar-refractivity contribution in [1.82, 2.24) is 20.1 Å². The molecule has 1 aliphatic rings. The molecule has 1 unspecified atom stereocenters. The summed E-state index contributed by atoms with van der Waals surface area (Å²) >= 11 is 1.29. The lowest BCUT2D eigenvalue weighted by Gasteiger charge is -2.25. The van der Waals surface area contributed by atoms with Gasteiger partial charge >= 0.3 is 11.1 Å². The first kappa shape index (κ1) is 13.8. The van der Waals surface area contributed by atoms with Crippen LogP contribution >= 0.6 is 11.8 Å². The number of aromatic amines is 1. The number of H-pyrrole nitrogens is 1. The maximum Gasteiger partial charge on any atom is 0.339 e. The standard InChI is InChI=1S/C11H15N5O2S/c1-13-11(5-12,7-3-4-7)6-19-10-14-8(17)9(18)15-16(10)2/h7,13H,3-4,6H2,1-2H3,(H,15,18). The van der Waals surface area contributed by atoms with E-state index in [1.807, 2.05) is 0 Å². The fraction of sp³-hybridized carbons (Fsp3) is 0.636. The summed E-state index contributed by atoms with van der Waals surface area (Å²) in [6, 6.07) is 2.32. The maximum absolute atomic E-state index is 11.2. The molecule has 2 N–H and O–H groups in total. The largest absolute Gasteiger partial charge is 0.339 e. The van der Waals surface area contributed by atoms with Gasteiger partial charge in [-0.2, -0.15) is 10.2 Å². The van der Waals surface area contributed by atoms with Gasteiger partial charge in [0.25, 0.3) is 0 Å². The van der Waals surface area contributed by atoms with Crippen molar-refractivity contribution in [2.45, 2.75) is 23.5 Å². The van der Waals surface area contributed by atoms with Crippen molar-refractivity contribution in [3.8, 4) is 6.07 Å². The number of hydrogen-bond donors (Lipinski definition) is 2. The van der Waals surface area contributed by atoms with Crippen LogP contribution in [0.25, 0.3) is 0 Å². The van der Waals surface area contributed by atoms with Crippen molar-refractivity contribution in [2.24, 2.45) is 13.0 Å². The molecule has 0 aliphatic heterocycles. The van der Waals surface area contributed by atoms with Gasteiger partial charge in [0.15, 0.2) is 5.16 Å². The summed E-state index contributed by atoms with van der Waals surface area (Å²) in [6.45, 7) is 0. The van der Waals surface area contributed by atoms with Gasteiger partial charge in [-0.3, -0.25) is 19.4 Å². The Hall–Kier alpha value is -1.59. The Kier molecular flexibility index (Phi) is 3.78. The topological polar surface area (TPSA) is 104 Å². The summed E-state index contributed by atoms with van der Waals surface area (Å²) in [5.41, 5.74) is -2.15. The SMILES string of the molecule is CNC(C#N)(CSc1nc(=O)c(=O)[nH]n1C)C1CC1. The zero-order valence-corrected chi connectivity index (χ0v) is 11.6. The first-order valence-electron chi connectivity index (χ1n) is 5.93. The minimum absolute atomic E-state index is 0.342. The van der Waals surface area contributed by atoms with Crippen LogP contribution in [0.3, 0.4) is 0 Å². The van der Waals surface area contributed by atoms with Gasteiger partial charge in [-0.25, -0.2) is 0 Å². The van der Waals surface area contributed by atoms with E-state index in [9.17, 15) is 14.9 Å². The Morgan fingerprint density at radius 1 is 1.63 bits per heavy atom. The molecule has 1 atom stereocenters. The maximum atomic E-state index is 11.2. The Bertz CT molecular complexity index is 627. The number of nitrogens with one attached hydrogen (secondary N) is 2. The third kappa shape index (κ3) is 2.72. The molecule has 7 nitrogen and oxygen atoms in total. The highest BCUT2D eigenvalue weighted by Gasteiger charge is 2.44. The molecule has 0 aromatic carbocycles. The minimum atomic E-state index is -0.806. The normalized spacial score (nSPS) is 17.7. The average molecular weight is 281 g/mol. The van der Waals surface area contributed by atoms with Crippen LogP contribution in [0.5, 0.6) is 0 Å². The highest BCUT2D eigenvalue weighted by Crippen LogP contribution is 2.41. The molecule has 1 aromatic heterocycles. The molecule has 1 aliphatic carbocycles. The van der Waals surface area contributed by atoms with Gasteiger partial charge in [0.1, 0.15) is 5.54 Å². The first-order valence-corrected chi connectivity index (χ1v) is 6.91. The van der Waals surface area contributed by atoms with Gasteiger partial charge in [0, 0.05) is 12.8 Å². The van der Waals surface area contributed by atoms with E-state index in [1.54, 1.807) is 14.1 Å². The van der Waals surface area contributed by atoms with Gasteiger partial charge in [-0.05, 0) is 25.8 Å². The molecule has 1 fully saturated rings. The van der Waals surface area contributed by atoms with Crippen LogP contribution in [-0.4, -0.2) is 33.1 Å². The number of aryl methyl sites for hydroxylation is 1. The molecule has 0 amide bonds. The summed E-state index contributed by atoms with van der Waals surface area (Å²) in [6.07, 6.45) is 2.07. The number of nitriles is 1. The number of thioether (sulfide) groups is 1.